The predicted octanol–water partition coefficient (Wildman–Crippen LogP) is 1.60. The van der Waals surface area contributed by atoms with Gasteiger partial charge in [0, 0.05) is 18.3 Å². The molecule has 1 saturated heterocycles. The van der Waals surface area contributed by atoms with E-state index in [1.165, 1.54) is 6.42 Å². The third-order valence-electron chi connectivity index (χ3n) is 3.25. The Kier molecular flexibility index (Phi) is 4.34. The van der Waals surface area contributed by atoms with Crippen molar-refractivity contribution >= 4 is 0 Å². The van der Waals surface area contributed by atoms with Gasteiger partial charge in [0.2, 0.25) is 5.88 Å². The SMILES string of the molecule is COc1ncccc1COC1CNCCC1C. The van der Waals surface area contributed by atoms with Gasteiger partial charge < -0.3 is 14.8 Å². The number of aromatic nitrogens is 1. The molecule has 17 heavy (non-hydrogen) atoms. The molecule has 2 rings (SSSR count). The van der Waals surface area contributed by atoms with Gasteiger partial charge in [-0.25, -0.2) is 4.98 Å². The number of ether oxygens (including phenoxy) is 2. The van der Waals surface area contributed by atoms with E-state index in [9.17, 15) is 0 Å². The molecule has 0 saturated carbocycles. The zero-order chi connectivity index (χ0) is 12.1. The predicted molar refractivity (Wildman–Crippen MR) is 66.0 cm³/mol. The summed E-state index contributed by atoms with van der Waals surface area (Å²) in [6.45, 7) is 4.83. The molecule has 0 aromatic carbocycles. The van der Waals surface area contributed by atoms with Crippen molar-refractivity contribution in [3.63, 3.8) is 0 Å². The van der Waals surface area contributed by atoms with Crippen LogP contribution in [0.1, 0.15) is 18.9 Å². The van der Waals surface area contributed by atoms with E-state index in [2.05, 4.69) is 17.2 Å². The number of hydrogen-bond acceptors (Lipinski definition) is 4. The van der Waals surface area contributed by atoms with Gasteiger partial charge in [0.05, 0.1) is 19.8 Å². The van der Waals surface area contributed by atoms with E-state index in [0.717, 1.165) is 18.7 Å². The molecule has 1 N–H and O–H groups in total. The third-order valence-corrected chi connectivity index (χ3v) is 3.25. The summed E-state index contributed by atoms with van der Waals surface area (Å²) in [7, 11) is 1.64. The van der Waals surface area contributed by atoms with E-state index in [1.54, 1.807) is 13.3 Å². The lowest BCUT2D eigenvalue weighted by molar-refractivity contribution is -0.00742. The van der Waals surface area contributed by atoms with Crippen molar-refractivity contribution in [3.05, 3.63) is 23.9 Å². The van der Waals surface area contributed by atoms with Crippen LogP contribution in [0.4, 0.5) is 0 Å². The highest BCUT2D eigenvalue weighted by Gasteiger charge is 2.21. The van der Waals surface area contributed by atoms with Gasteiger partial charge >= 0.3 is 0 Å². The normalized spacial score (nSPS) is 24.6. The number of nitrogens with one attached hydrogen (secondary N) is 1. The summed E-state index contributed by atoms with van der Waals surface area (Å²) in [5.41, 5.74) is 1.01. The maximum Gasteiger partial charge on any atom is 0.218 e. The van der Waals surface area contributed by atoms with Crippen molar-refractivity contribution in [2.45, 2.75) is 26.1 Å². The summed E-state index contributed by atoms with van der Waals surface area (Å²) < 4.78 is 11.1. The molecule has 0 aliphatic carbocycles. The van der Waals surface area contributed by atoms with Gasteiger partial charge in [-0.05, 0) is 31.0 Å². The van der Waals surface area contributed by atoms with Gasteiger partial charge in [-0.2, -0.15) is 0 Å². The fourth-order valence-corrected chi connectivity index (χ4v) is 2.10. The summed E-state index contributed by atoms with van der Waals surface area (Å²) >= 11 is 0. The molecule has 2 heterocycles. The van der Waals surface area contributed by atoms with Crippen LogP contribution in [0.3, 0.4) is 0 Å². The maximum absolute atomic E-state index is 5.94. The van der Waals surface area contributed by atoms with Gasteiger partial charge in [0.15, 0.2) is 0 Å². The number of hydrogen-bond donors (Lipinski definition) is 1. The van der Waals surface area contributed by atoms with Crippen LogP contribution < -0.4 is 10.1 Å². The van der Waals surface area contributed by atoms with Crippen molar-refractivity contribution < 1.29 is 9.47 Å². The Balaban J connectivity index is 1.92. The first-order chi connectivity index (χ1) is 8.31. The molecule has 4 nitrogen and oxygen atoms in total. The number of nitrogens with zero attached hydrogens (tertiary/aromatic N) is 1. The molecular formula is C13H20N2O2. The topological polar surface area (TPSA) is 43.4 Å². The second-order valence-corrected chi connectivity index (χ2v) is 4.49. The molecular weight excluding hydrogens is 216 g/mol. The van der Waals surface area contributed by atoms with Crippen LogP contribution in [0.25, 0.3) is 0 Å². The van der Waals surface area contributed by atoms with E-state index in [1.807, 2.05) is 12.1 Å². The second kappa shape index (κ2) is 5.98. The molecule has 2 unspecified atom stereocenters. The average molecular weight is 236 g/mol. The van der Waals surface area contributed by atoms with E-state index < -0.39 is 0 Å². The maximum atomic E-state index is 5.94. The summed E-state index contributed by atoms with van der Waals surface area (Å²) in [5.74, 6) is 1.27. The highest BCUT2D eigenvalue weighted by atomic mass is 16.5. The summed E-state index contributed by atoms with van der Waals surface area (Å²) in [6, 6.07) is 3.90. The number of pyridine rings is 1. The highest BCUT2D eigenvalue weighted by molar-refractivity contribution is 5.24. The van der Waals surface area contributed by atoms with Crippen LogP contribution in [0.2, 0.25) is 0 Å². The smallest absolute Gasteiger partial charge is 0.218 e. The van der Waals surface area contributed by atoms with Gasteiger partial charge in [-0.15, -0.1) is 0 Å². The van der Waals surface area contributed by atoms with Crippen molar-refractivity contribution in [2.24, 2.45) is 5.92 Å². The van der Waals surface area contributed by atoms with Crippen molar-refractivity contribution in [1.29, 1.82) is 0 Å². The minimum atomic E-state index is 0.286. The molecule has 4 heteroatoms. The van der Waals surface area contributed by atoms with Crippen LogP contribution >= 0.6 is 0 Å². The molecule has 1 aromatic rings. The van der Waals surface area contributed by atoms with E-state index in [4.69, 9.17) is 9.47 Å². The number of piperidine rings is 1. The minimum absolute atomic E-state index is 0.286. The first-order valence-electron chi connectivity index (χ1n) is 6.11. The minimum Gasteiger partial charge on any atom is -0.481 e. The summed E-state index contributed by atoms with van der Waals surface area (Å²) in [4.78, 5) is 4.16. The fraction of sp³-hybridized carbons (Fsp3) is 0.615. The second-order valence-electron chi connectivity index (χ2n) is 4.49. The van der Waals surface area contributed by atoms with Crippen LogP contribution in [0.15, 0.2) is 18.3 Å². The number of rotatable bonds is 4. The van der Waals surface area contributed by atoms with Gasteiger partial charge in [-0.3, -0.25) is 0 Å². The quantitative estimate of drug-likeness (QED) is 0.862. The van der Waals surface area contributed by atoms with Crippen molar-refractivity contribution in [2.75, 3.05) is 20.2 Å². The Morgan fingerprint density at radius 2 is 2.41 bits per heavy atom. The Morgan fingerprint density at radius 1 is 1.53 bits per heavy atom. The third kappa shape index (κ3) is 3.17. The first kappa shape index (κ1) is 12.3. The van der Waals surface area contributed by atoms with Crippen LogP contribution in [-0.4, -0.2) is 31.3 Å². The molecule has 1 aliphatic rings. The Hall–Kier alpha value is -1.13. The summed E-state index contributed by atoms with van der Waals surface area (Å²) in [6.07, 6.45) is 3.19. The molecule has 1 aliphatic heterocycles. The Bertz CT molecular complexity index is 357. The lowest BCUT2D eigenvalue weighted by Crippen LogP contribution is -2.40. The monoisotopic (exact) mass is 236 g/mol. The van der Waals surface area contributed by atoms with E-state index >= 15 is 0 Å². The molecule has 0 amide bonds. The van der Waals surface area contributed by atoms with Crippen molar-refractivity contribution in [1.82, 2.24) is 10.3 Å². The standard InChI is InChI=1S/C13H20N2O2/c1-10-5-7-14-8-12(10)17-9-11-4-3-6-15-13(11)16-2/h3-4,6,10,12,14H,5,7-9H2,1-2H3. The van der Waals surface area contributed by atoms with E-state index in [0.29, 0.717) is 18.4 Å². The van der Waals surface area contributed by atoms with Gasteiger partial charge in [-0.1, -0.05) is 6.92 Å². The van der Waals surface area contributed by atoms with Crippen LogP contribution in [0.5, 0.6) is 5.88 Å². The van der Waals surface area contributed by atoms with Crippen LogP contribution in [-0.2, 0) is 11.3 Å². The molecule has 94 valence electrons. The first-order valence-corrected chi connectivity index (χ1v) is 6.11. The fourth-order valence-electron chi connectivity index (χ4n) is 2.10. The van der Waals surface area contributed by atoms with Crippen molar-refractivity contribution in [3.8, 4) is 5.88 Å². The van der Waals surface area contributed by atoms with E-state index in [-0.39, 0.29) is 6.10 Å². The van der Waals surface area contributed by atoms with Crippen LogP contribution in [0, 0.1) is 5.92 Å². The lowest BCUT2D eigenvalue weighted by atomic mass is 9.97. The Labute approximate surface area is 102 Å². The zero-order valence-corrected chi connectivity index (χ0v) is 10.5. The number of methoxy groups -OCH3 is 1. The largest absolute Gasteiger partial charge is 0.481 e. The van der Waals surface area contributed by atoms with Gasteiger partial charge in [0.1, 0.15) is 0 Å². The average Bonchev–Trinajstić information content (AvgIpc) is 2.38. The lowest BCUT2D eigenvalue weighted by Gasteiger charge is -2.29. The molecule has 2 atom stereocenters. The van der Waals surface area contributed by atoms with Gasteiger partial charge in [0.25, 0.3) is 0 Å². The molecule has 0 radical (unpaired) electrons. The molecule has 1 aromatic heterocycles. The Morgan fingerprint density at radius 3 is 3.18 bits per heavy atom. The molecule has 1 fully saturated rings. The molecule has 0 bridgehead atoms. The summed E-state index contributed by atoms with van der Waals surface area (Å²) in [5, 5.41) is 3.36. The highest BCUT2D eigenvalue weighted by Crippen LogP contribution is 2.19. The zero-order valence-electron chi connectivity index (χ0n) is 10.5. The molecule has 0 spiro atoms.